The van der Waals surface area contributed by atoms with Crippen LogP contribution in [-0.4, -0.2) is 77.9 Å². The maximum absolute atomic E-state index is 13.3. The van der Waals surface area contributed by atoms with Gasteiger partial charge >= 0.3 is 11.7 Å². The van der Waals surface area contributed by atoms with Crippen LogP contribution in [0.2, 0.25) is 58.9 Å². The van der Waals surface area contributed by atoms with Crippen molar-refractivity contribution < 1.29 is 32.3 Å². The average Bonchev–Trinajstić information content (AvgIpc) is 3.19. The van der Waals surface area contributed by atoms with Gasteiger partial charge in [0.05, 0.1) is 19.6 Å². The number of ether oxygens (including phenoxy) is 2. The predicted octanol–water partition coefficient (Wildman–Crippen LogP) is 6.05. The highest BCUT2D eigenvalue weighted by Gasteiger charge is 2.50. The highest BCUT2D eigenvalue weighted by atomic mass is 28.4. The number of nitrogens with one attached hydrogen (secondary N) is 1. The lowest BCUT2D eigenvalue weighted by Crippen LogP contribution is -2.49. The van der Waals surface area contributed by atoms with Gasteiger partial charge in [-0.2, -0.15) is 4.98 Å². The summed E-state index contributed by atoms with van der Waals surface area (Å²) in [5, 5.41) is 2.62. The van der Waals surface area contributed by atoms with E-state index in [2.05, 4.69) is 76.1 Å². The molecule has 11 nitrogen and oxygen atoms in total. The fraction of sp³-hybridized carbons (Fsp3) is 0.800. The van der Waals surface area contributed by atoms with Crippen molar-refractivity contribution in [3.8, 4) is 0 Å². The smallest absolute Gasteiger partial charge is 0.351 e. The lowest BCUT2D eigenvalue weighted by atomic mass is 10.1. The molecule has 0 aromatic carbocycles. The summed E-state index contributed by atoms with van der Waals surface area (Å²) in [5.74, 6) is -0.729. The van der Waals surface area contributed by atoms with Crippen LogP contribution in [-0.2, 0) is 32.3 Å². The topological polar surface area (TPSA) is 127 Å². The van der Waals surface area contributed by atoms with Crippen LogP contribution < -0.4 is 11.0 Å². The molecule has 1 aliphatic rings. The molecule has 0 bridgehead atoms. The molecule has 1 saturated heterocycles. The highest BCUT2D eigenvalue weighted by Crippen LogP contribution is 2.37. The maximum Gasteiger partial charge on any atom is 0.351 e. The van der Waals surface area contributed by atoms with E-state index in [0.29, 0.717) is 13.2 Å². The fourth-order valence-electron chi connectivity index (χ4n) is 4.72. The summed E-state index contributed by atoms with van der Waals surface area (Å²) >= 11 is 0. The minimum absolute atomic E-state index is 0.0380. The molecule has 1 aromatic rings. The van der Waals surface area contributed by atoms with Crippen molar-refractivity contribution >= 4 is 42.6 Å². The molecule has 252 valence electrons. The quantitative estimate of drug-likeness (QED) is 0.106. The maximum atomic E-state index is 13.3. The van der Waals surface area contributed by atoms with Crippen LogP contribution in [0.1, 0.15) is 64.5 Å². The van der Waals surface area contributed by atoms with Crippen molar-refractivity contribution in [3.05, 3.63) is 22.7 Å². The predicted molar refractivity (Wildman–Crippen MR) is 180 cm³/mol. The number of anilines is 1. The first-order valence-corrected chi connectivity index (χ1v) is 26.3. The van der Waals surface area contributed by atoms with E-state index in [4.69, 9.17) is 22.8 Å². The lowest BCUT2D eigenvalue weighted by Gasteiger charge is -2.34. The third-order valence-corrected chi connectivity index (χ3v) is 9.63. The monoisotopic (exact) mass is 671 g/mol. The number of nitrogens with zero attached hydrogens (tertiary/aromatic N) is 2. The molecule has 0 aliphatic carbocycles. The Bertz CT molecular complexity index is 1110. The number of rotatable bonds is 19. The van der Waals surface area contributed by atoms with E-state index in [0.717, 1.165) is 19.3 Å². The molecule has 1 amide bonds. The molecule has 1 fully saturated rings. The number of hydrogen-bond donors (Lipinski definition) is 1. The van der Waals surface area contributed by atoms with Crippen LogP contribution in [0.5, 0.6) is 0 Å². The molecule has 0 radical (unpaired) electrons. The molecule has 1 N–H and O–H groups in total. The SMILES string of the molecule is CCCCCCCCOC(=O)CCC(=O)Nc1ccn([C@@H]2O[C@H](CO[Si](C)(C)C)[C@@H](O[Si](C)(C)C)[C@@H]2O[Si](C)(C)C)c(=O)n1. The molecule has 4 atom stereocenters. The van der Waals surface area contributed by atoms with Gasteiger partial charge in [-0.3, -0.25) is 14.2 Å². The van der Waals surface area contributed by atoms with E-state index in [9.17, 15) is 14.4 Å². The molecule has 1 aromatic heterocycles. The lowest BCUT2D eigenvalue weighted by molar-refractivity contribution is -0.144. The Hall–Kier alpha value is -1.69. The largest absolute Gasteiger partial charge is 0.466 e. The van der Waals surface area contributed by atoms with Crippen LogP contribution in [0, 0.1) is 0 Å². The molecule has 0 spiro atoms. The van der Waals surface area contributed by atoms with E-state index in [1.54, 1.807) is 12.3 Å². The molecular weight excluding hydrogens is 615 g/mol. The zero-order valence-electron chi connectivity index (χ0n) is 28.7. The van der Waals surface area contributed by atoms with Crippen LogP contribution in [0.25, 0.3) is 0 Å². The third-order valence-electron chi connectivity index (χ3n) is 6.63. The van der Waals surface area contributed by atoms with Crippen molar-refractivity contribution in [3.63, 3.8) is 0 Å². The molecule has 1 aliphatic heterocycles. The summed E-state index contributed by atoms with van der Waals surface area (Å²) < 4.78 is 32.6. The summed E-state index contributed by atoms with van der Waals surface area (Å²) in [6, 6.07) is 1.55. The summed E-state index contributed by atoms with van der Waals surface area (Å²) in [4.78, 5) is 41.9. The first-order valence-electron chi connectivity index (χ1n) is 16.1. The number of hydrogen-bond acceptors (Lipinski definition) is 9. The van der Waals surface area contributed by atoms with Crippen molar-refractivity contribution in [1.29, 1.82) is 0 Å². The van der Waals surface area contributed by atoms with E-state index in [-0.39, 0.29) is 18.7 Å². The summed E-state index contributed by atoms with van der Waals surface area (Å²) in [6.07, 6.45) is 5.92. The fourth-order valence-corrected chi connectivity index (χ4v) is 7.55. The standard InChI is InChI=1S/C30H57N3O8Si3/c1-11-12-13-14-15-16-21-37-26(35)18-17-25(34)31-24-19-20-33(30(36)32-24)29-28(41-44(8,9)10)27(40-43(5,6)7)23(39-29)22-38-42(2,3)4/h19-20,23,27-29H,11-18,21-22H2,1-10H3,(H,31,32,34,36)/t23-,27-,28+,29-/m1/s1. The first-order chi connectivity index (χ1) is 20.4. The summed E-state index contributed by atoms with van der Waals surface area (Å²) in [7, 11) is -5.98. The Morgan fingerprint density at radius 2 is 1.50 bits per heavy atom. The average molecular weight is 672 g/mol. The van der Waals surface area contributed by atoms with Crippen molar-refractivity contribution in [2.24, 2.45) is 0 Å². The molecular formula is C30H57N3O8Si3. The number of amides is 1. The van der Waals surface area contributed by atoms with Crippen LogP contribution in [0.3, 0.4) is 0 Å². The molecule has 0 saturated carbocycles. The zero-order valence-corrected chi connectivity index (χ0v) is 31.7. The highest BCUT2D eigenvalue weighted by molar-refractivity contribution is 6.70. The van der Waals surface area contributed by atoms with Crippen molar-refractivity contribution in [2.75, 3.05) is 18.5 Å². The van der Waals surface area contributed by atoms with Gasteiger partial charge in [0.25, 0.3) is 0 Å². The van der Waals surface area contributed by atoms with Gasteiger partial charge in [-0.05, 0) is 71.4 Å². The minimum atomic E-state index is -2.10. The van der Waals surface area contributed by atoms with Gasteiger partial charge in [-0.15, -0.1) is 0 Å². The number of esters is 1. The van der Waals surface area contributed by atoms with Crippen molar-refractivity contribution in [2.45, 2.75) is 142 Å². The molecule has 44 heavy (non-hydrogen) atoms. The zero-order chi connectivity index (χ0) is 33.1. The molecule has 2 heterocycles. The van der Waals surface area contributed by atoms with E-state index >= 15 is 0 Å². The first kappa shape index (κ1) is 38.5. The second-order valence-electron chi connectivity index (χ2n) is 14.4. The van der Waals surface area contributed by atoms with Gasteiger partial charge in [0, 0.05) is 12.6 Å². The second kappa shape index (κ2) is 17.3. The molecule has 0 unspecified atom stereocenters. The number of carbonyl (C=O) groups excluding carboxylic acids is 2. The summed E-state index contributed by atoms with van der Waals surface area (Å²) in [5.41, 5.74) is -0.589. The van der Waals surface area contributed by atoms with Gasteiger partial charge in [-0.1, -0.05) is 39.0 Å². The van der Waals surface area contributed by atoms with Gasteiger partial charge < -0.3 is 28.1 Å². The van der Waals surface area contributed by atoms with Crippen molar-refractivity contribution in [1.82, 2.24) is 9.55 Å². The second-order valence-corrected chi connectivity index (χ2v) is 27.9. The molecule has 2 rings (SSSR count). The van der Waals surface area contributed by atoms with E-state index in [1.807, 2.05) is 0 Å². The van der Waals surface area contributed by atoms with E-state index in [1.165, 1.54) is 23.8 Å². The van der Waals surface area contributed by atoms with Crippen LogP contribution in [0.4, 0.5) is 5.82 Å². The molecule has 14 heteroatoms. The van der Waals surface area contributed by atoms with Gasteiger partial charge in [0.15, 0.2) is 31.2 Å². The Kier molecular flexibility index (Phi) is 15.1. The minimum Gasteiger partial charge on any atom is -0.466 e. The number of carbonyl (C=O) groups is 2. The van der Waals surface area contributed by atoms with Gasteiger partial charge in [0.2, 0.25) is 5.91 Å². The van der Waals surface area contributed by atoms with Gasteiger partial charge in [0.1, 0.15) is 24.1 Å². The Balaban J connectivity index is 2.08. The Morgan fingerprint density at radius 3 is 2.09 bits per heavy atom. The van der Waals surface area contributed by atoms with Crippen LogP contribution >= 0.6 is 0 Å². The Morgan fingerprint density at radius 1 is 0.886 bits per heavy atom. The number of unbranched alkanes of at least 4 members (excludes halogenated alkanes) is 5. The van der Waals surface area contributed by atoms with Crippen LogP contribution in [0.15, 0.2) is 17.1 Å². The van der Waals surface area contributed by atoms with E-state index < -0.39 is 67.1 Å². The third kappa shape index (κ3) is 14.6. The van der Waals surface area contributed by atoms with Gasteiger partial charge in [-0.25, -0.2) is 4.79 Å². The normalized spacial score (nSPS) is 21.0. The number of aromatic nitrogens is 2. The Labute approximate surface area is 267 Å². The summed E-state index contributed by atoms with van der Waals surface area (Å²) in [6.45, 7) is 21.8.